The highest BCUT2D eigenvalue weighted by atomic mass is 15.1. The van der Waals surface area contributed by atoms with Crippen molar-refractivity contribution in [1.82, 2.24) is 4.57 Å². The molecule has 0 aliphatic rings. The molecule has 0 fully saturated rings. The molecule has 11 rings (SSSR count). The van der Waals surface area contributed by atoms with Crippen molar-refractivity contribution < 1.29 is 0 Å². The summed E-state index contributed by atoms with van der Waals surface area (Å²) in [7, 11) is 0. The van der Waals surface area contributed by atoms with Gasteiger partial charge in [-0.1, -0.05) is 140 Å². The molecule has 52 heavy (non-hydrogen) atoms. The zero-order valence-electron chi connectivity index (χ0n) is 28.4. The zero-order chi connectivity index (χ0) is 34.2. The van der Waals surface area contributed by atoms with Crippen LogP contribution in [0, 0.1) is 0 Å². The van der Waals surface area contributed by atoms with Gasteiger partial charge in [0.25, 0.3) is 0 Å². The number of hydrogen-bond donors (Lipinski definition) is 0. The molecule has 10 aromatic carbocycles. The SMILES string of the molecule is c1ccc(N(c2ccc(-c3ccc4c5c6ccc7cccc8ccc(cc5n(-c5ccccc5)c4c3)c6c87)cc2)c2cccc3ccccc23)cc1. The Balaban J connectivity index is 1.11. The maximum Gasteiger partial charge on any atom is 0.0553 e. The van der Waals surface area contributed by atoms with E-state index in [1.54, 1.807) is 0 Å². The highest BCUT2D eigenvalue weighted by Crippen LogP contribution is 2.44. The van der Waals surface area contributed by atoms with E-state index in [1.165, 1.54) is 76.0 Å². The van der Waals surface area contributed by atoms with Crippen molar-refractivity contribution in [1.29, 1.82) is 0 Å². The molecule has 2 heteroatoms. The van der Waals surface area contributed by atoms with Gasteiger partial charge in [-0.05, 0) is 103 Å². The molecule has 0 aliphatic carbocycles. The third-order valence-electron chi connectivity index (χ3n) is 10.9. The topological polar surface area (TPSA) is 8.17 Å². The Morgan fingerprint density at radius 1 is 0.327 bits per heavy atom. The first kappa shape index (κ1) is 28.9. The summed E-state index contributed by atoms with van der Waals surface area (Å²) in [4.78, 5) is 2.36. The fourth-order valence-electron chi connectivity index (χ4n) is 8.56. The van der Waals surface area contributed by atoms with Crippen molar-refractivity contribution in [3.05, 3.63) is 194 Å². The standard InChI is InChI=1S/C50H32N2/c1-3-15-39(16-4-1)51(45-20-10-12-34-11-7-8-19-42(34)45)41-27-23-33(24-28-41)37-26-29-43-46(31-37)52(40-17-5-2-6-18-40)47-32-38-22-21-35-13-9-14-36-25-30-44(50(43)47)49(38)48(35)36/h1-32H. The maximum atomic E-state index is 2.45. The highest BCUT2D eigenvalue weighted by molar-refractivity contribution is 6.33. The van der Waals surface area contributed by atoms with Crippen molar-refractivity contribution in [2.24, 2.45) is 0 Å². The van der Waals surface area contributed by atoms with Crippen molar-refractivity contribution >= 4 is 82.0 Å². The van der Waals surface area contributed by atoms with Gasteiger partial charge in [0.05, 0.1) is 16.7 Å². The average Bonchev–Trinajstić information content (AvgIpc) is 3.54. The molecule has 0 unspecified atom stereocenters. The minimum absolute atomic E-state index is 1.12. The van der Waals surface area contributed by atoms with Gasteiger partial charge >= 0.3 is 0 Å². The third kappa shape index (κ3) is 4.31. The first-order valence-electron chi connectivity index (χ1n) is 17.9. The van der Waals surface area contributed by atoms with Gasteiger partial charge in [0.15, 0.2) is 0 Å². The Morgan fingerprint density at radius 3 is 1.77 bits per heavy atom. The lowest BCUT2D eigenvalue weighted by atomic mass is 9.92. The van der Waals surface area contributed by atoms with Gasteiger partial charge in [-0.15, -0.1) is 0 Å². The molecule has 0 radical (unpaired) electrons. The predicted octanol–water partition coefficient (Wildman–Crippen LogP) is 14.0. The predicted molar refractivity (Wildman–Crippen MR) is 222 cm³/mol. The zero-order valence-corrected chi connectivity index (χ0v) is 28.4. The molecule has 1 aromatic heterocycles. The number of anilines is 3. The fraction of sp³-hybridized carbons (Fsp3) is 0. The molecule has 0 N–H and O–H groups in total. The number of fused-ring (bicyclic) bond motifs is 5. The van der Waals surface area contributed by atoms with E-state index in [0.717, 1.165) is 22.7 Å². The summed E-state index contributed by atoms with van der Waals surface area (Å²) >= 11 is 0. The van der Waals surface area contributed by atoms with E-state index in [4.69, 9.17) is 0 Å². The van der Waals surface area contributed by atoms with E-state index in [9.17, 15) is 0 Å². The van der Waals surface area contributed by atoms with Crippen LogP contribution in [-0.2, 0) is 0 Å². The lowest BCUT2D eigenvalue weighted by molar-refractivity contribution is 1.18. The van der Waals surface area contributed by atoms with E-state index in [2.05, 4.69) is 204 Å². The van der Waals surface area contributed by atoms with Crippen LogP contribution in [0.4, 0.5) is 17.1 Å². The molecule has 2 nitrogen and oxygen atoms in total. The summed E-state index contributed by atoms with van der Waals surface area (Å²) in [6.45, 7) is 0. The van der Waals surface area contributed by atoms with Crippen molar-refractivity contribution in [2.45, 2.75) is 0 Å². The van der Waals surface area contributed by atoms with Crippen LogP contribution in [0.2, 0.25) is 0 Å². The van der Waals surface area contributed by atoms with Gasteiger partial charge in [-0.3, -0.25) is 0 Å². The summed E-state index contributed by atoms with van der Waals surface area (Å²) in [5.74, 6) is 0. The molecular formula is C50H32N2. The van der Waals surface area contributed by atoms with Gasteiger partial charge in [-0.2, -0.15) is 0 Å². The second-order valence-electron chi connectivity index (χ2n) is 13.7. The summed E-state index contributed by atoms with van der Waals surface area (Å²) in [6, 6.07) is 70.9. The van der Waals surface area contributed by atoms with E-state index < -0.39 is 0 Å². The van der Waals surface area contributed by atoms with E-state index in [-0.39, 0.29) is 0 Å². The van der Waals surface area contributed by atoms with Gasteiger partial charge in [0.2, 0.25) is 0 Å². The Hall–Kier alpha value is -6.90. The molecule has 0 bridgehead atoms. The van der Waals surface area contributed by atoms with E-state index >= 15 is 0 Å². The molecule has 0 aliphatic heterocycles. The largest absolute Gasteiger partial charge is 0.310 e. The van der Waals surface area contributed by atoms with Crippen LogP contribution >= 0.6 is 0 Å². The molecule has 0 saturated heterocycles. The van der Waals surface area contributed by atoms with Crippen molar-refractivity contribution in [3.63, 3.8) is 0 Å². The number of para-hydroxylation sites is 2. The lowest BCUT2D eigenvalue weighted by Gasteiger charge is -2.27. The van der Waals surface area contributed by atoms with Crippen LogP contribution in [0.15, 0.2) is 194 Å². The highest BCUT2D eigenvalue weighted by Gasteiger charge is 2.20. The molecule has 0 amide bonds. The smallest absolute Gasteiger partial charge is 0.0553 e. The Kier molecular flexibility index (Phi) is 6.28. The van der Waals surface area contributed by atoms with Crippen LogP contribution in [-0.4, -0.2) is 4.57 Å². The number of aromatic nitrogens is 1. The van der Waals surface area contributed by atoms with E-state index in [1.807, 2.05) is 0 Å². The van der Waals surface area contributed by atoms with Gasteiger partial charge in [-0.25, -0.2) is 0 Å². The van der Waals surface area contributed by atoms with Crippen LogP contribution in [0.5, 0.6) is 0 Å². The molecule has 0 saturated carbocycles. The number of nitrogens with zero attached hydrogens (tertiary/aromatic N) is 2. The normalized spacial score (nSPS) is 11.8. The molecule has 1 heterocycles. The van der Waals surface area contributed by atoms with E-state index in [0.29, 0.717) is 0 Å². The van der Waals surface area contributed by atoms with Gasteiger partial charge in [0.1, 0.15) is 0 Å². The van der Waals surface area contributed by atoms with Crippen LogP contribution in [0.3, 0.4) is 0 Å². The lowest BCUT2D eigenvalue weighted by Crippen LogP contribution is -2.10. The van der Waals surface area contributed by atoms with Crippen molar-refractivity contribution in [2.75, 3.05) is 4.90 Å². The molecule has 11 aromatic rings. The summed E-state index contributed by atoms with van der Waals surface area (Å²) in [6.07, 6.45) is 0. The molecular weight excluding hydrogens is 629 g/mol. The molecule has 242 valence electrons. The number of benzene rings is 10. The fourth-order valence-corrected chi connectivity index (χ4v) is 8.56. The number of hydrogen-bond acceptors (Lipinski definition) is 1. The van der Waals surface area contributed by atoms with Crippen molar-refractivity contribution in [3.8, 4) is 16.8 Å². The summed E-state index contributed by atoms with van der Waals surface area (Å²) in [5, 5.41) is 12.9. The Labute approximate surface area is 301 Å². The monoisotopic (exact) mass is 660 g/mol. The second-order valence-corrected chi connectivity index (χ2v) is 13.7. The summed E-state index contributed by atoms with van der Waals surface area (Å²) < 4.78 is 2.45. The Bertz CT molecular complexity index is 3080. The maximum absolute atomic E-state index is 2.45. The first-order chi connectivity index (χ1) is 25.8. The summed E-state index contributed by atoms with van der Waals surface area (Å²) in [5.41, 5.74) is 9.39. The quantitative estimate of drug-likeness (QED) is 0.167. The minimum Gasteiger partial charge on any atom is -0.310 e. The minimum atomic E-state index is 1.12. The van der Waals surface area contributed by atoms with Crippen LogP contribution < -0.4 is 4.90 Å². The van der Waals surface area contributed by atoms with Crippen LogP contribution in [0.25, 0.3) is 81.7 Å². The Morgan fingerprint density at radius 2 is 0.942 bits per heavy atom. The second kappa shape index (κ2) is 11.3. The third-order valence-corrected chi connectivity index (χ3v) is 10.9. The van der Waals surface area contributed by atoms with Gasteiger partial charge in [0, 0.05) is 33.2 Å². The average molecular weight is 661 g/mol. The van der Waals surface area contributed by atoms with Crippen LogP contribution in [0.1, 0.15) is 0 Å². The molecule has 0 atom stereocenters. The van der Waals surface area contributed by atoms with Gasteiger partial charge < -0.3 is 9.47 Å². The number of rotatable bonds is 5. The first-order valence-corrected chi connectivity index (χ1v) is 17.9. The molecule has 0 spiro atoms.